The van der Waals surface area contributed by atoms with Crippen LogP contribution in [-0.4, -0.2) is 11.1 Å². The van der Waals surface area contributed by atoms with Crippen molar-refractivity contribution in [3.05, 3.63) is 70.5 Å². The van der Waals surface area contributed by atoms with Crippen LogP contribution in [0.15, 0.2) is 42.5 Å². The highest BCUT2D eigenvalue weighted by atomic mass is 19.1. The standard InChI is InChI=1S/C18H19FO2/c1-12-3-4-13(2)15(9-12)11-16(18(20)21)10-14-5-7-17(19)8-6-14/h3-9,16H,10-11H2,1-2H3,(H,20,21). The van der Waals surface area contributed by atoms with Crippen molar-refractivity contribution in [2.24, 2.45) is 5.92 Å². The number of benzene rings is 2. The molecule has 3 heteroatoms. The minimum absolute atomic E-state index is 0.305. The smallest absolute Gasteiger partial charge is 0.307 e. The van der Waals surface area contributed by atoms with Crippen molar-refractivity contribution < 1.29 is 14.3 Å². The molecule has 21 heavy (non-hydrogen) atoms. The second-order valence-electron chi connectivity index (χ2n) is 5.50. The van der Waals surface area contributed by atoms with E-state index in [0.717, 1.165) is 22.3 Å². The second kappa shape index (κ2) is 6.53. The zero-order valence-electron chi connectivity index (χ0n) is 12.3. The molecule has 1 unspecified atom stereocenters. The molecule has 1 atom stereocenters. The first-order valence-electron chi connectivity index (χ1n) is 6.99. The van der Waals surface area contributed by atoms with Gasteiger partial charge in [0.2, 0.25) is 0 Å². The summed E-state index contributed by atoms with van der Waals surface area (Å²) >= 11 is 0. The van der Waals surface area contributed by atoms with Gasteiger partial charge in [0.1, 0.15) is 5.82 Å². The van der Waals surface area contributed by atoms with Crippen LogP contribution in [0, 0.1) is 25.6 Å². The highest BCUT2D eigenvalue weighted by Gasteiger charge is 2.19. The number of carboxylic acids is 1. The van der Waals surface area contributed by atoms with Gasteiger partial charge in [-0.2, -0.15) is 0 Å². The predicted molar refractivity (Wildman–Crippen MR) is 80.8 cm³/mol. The van der Waals surface area contributed by atoms with Crippen molar-refractivity contribution in [3.8, 4) is 0 Å². The summed E-state index contributed by atoms with van der Waals surface area (Å²) in [4.78, 5) is 11.5. The van der Waals surface area contributed by atoms with Crippen LogP contribution >= 0.6 is 0 Å². The summed E-state index contributed by atoms with van der Waals surface area (Å²) in [6, 6.07) is 12.1. The Morgan fingerprint density at radius 1 is 1.10 bits per heavy atom. The minimum Gasteiger partial charge on any atom is -0.481 e. The molecule has 2 aromatic carbocycles. The van der Waals surface area contributed by atoms with Gasteiger partial charge in [-0.05, 0) is 55.5 Å². The Morgan fingerprint density at radius 2 is 1.76 bits per heavy atom. The molecule has 0 saturated heterocycles. The fraction of sp³-hybridized carbons (Fsp3) is 0.278. The van der Waals surface area contributed by atoms with Crippen molar-refractivity contribution in [1.82, 2.24) is 0 Å². The van der Waals surface area contributed by atoms with Gasteiger partial charge in [-0.25, -0.2) is 4.39 Å². The first kappa shape index (κ1) is 15.2. The van der Waals surface area contributed by atoms with E-state index in [1.54, 1.807) is 12.1 Å². The summed E-state index contributed by atoms with van der Waals surface area (Å²) < 4.78 is 12.9. The lowest BCUT2D eigenvalue weighted by Gasteiger charge is -2.15. The monoisotopic (exact) mass is 286 g/mol. The van der Waals surface area contributed by atoms with Crippen LogP contribution in [-0.2, 0) is 17.6 Å². The van der Waals surface area contributed by atoms with Crippen molar-refractivity contribution >= 4 is 5.97 Å². The van der Waals surface area contributed by atoms with Crippen molar-refractivity contribution in [3.63, 3.8) is 0 Å². The molecule has 0 fully saturated rings. The van der Waals surface area contributed by atoms with Crippen LogP contribution in [0.25, 0.3) is 0 Å². The molecule has 0 aliphatic carbocycles. The van der Waals surface area contributed by atoms with Gasteiger partial charge in [-0.3, -0.25) is 4.79 Å². The van der Waals surface area contributed by atoms with Gasteiger partial charge < -0.3 is 5.11 Å². The van der Waals surface area contributed by atoms with E-state index < -0.39 is 11.9 Å². The van der Waals surface area contributed by atoms with Gasteiger partial charge in [0.05, 0.1) is 5.92 Å². The van der Waals surface area contributed by atoms with Gasteiger partial charge in [0.15, 0.2) is 0 Å². The molecule has 2 rings (SSSR count). The number of hydrogen-bond acceptors (Lipinski definition) is 1. The van der Waals surface area contributed by atoms with Crippen LogP contribution in [0.1, 0.15) is 22.3 Å². The third-order valence-corrected chi connectivity index (χ3v) is 3.72. The van der Waals surface area contributed by atoms with Crippen LogP contribution < -0.4 is 0 Å². The van der Waals surface area contributed by atoms with Gasteiger partial charge >= 0.3 is 5.97 Å². The Hall–Kier alpha value is -2.16. The molecule has 110 valence electrons. The van der Waals surface area contributed by atoms with Crippen LogP contribution in [0.3, 0.4) is 0 Å². The molecule has 0 heterocycles. The molecular formula is C18H19FO2. The maximum absolute atomic E-state index is 12.9. The first-order chi connectivity index (χ1) is 9.95. The average molecular weight is 286 g/mol. The van der Waals surface area contributed by atoms with Crippen LogP contribution in [0.5, 0.6) is 0 Å². The summed E-state index contributed by atoms with van der Waals surface area (Å²) in [5.74, 6) is -1.63. The van der Waals surface area contributed by atoms with Gasteiger partial charge in [0.25, 0.3) is 0 Å². The molecule has 0 radical (unpaired) electrons. The molecule has 0 amide bonds. The maximum atomic E-state index is 12.9. The highest BCUT2D eigenvalue weighted by Crippen LogP contribution is 2.19. The summed E-state index contributed by atoms with van der Waals surface area (Å²) in [6.45, 7) is 3.99. The van der Waals surface area contributed by atoms with E-state index >= 15 is 0 Å². The summed E-state index contributed by atoms with van der Waals surface area (Å²) in [6.07, 6.45) is 0.892. The Bertz CT molecular complexity index is 632. The topological polar surface area (TPSA) is 37.3 Å². The molecule has 0 spiro atoms. The quantitative estimate of drug-likeness (QED) is 0.904. The third kappa shape index (κ3) is 4.15. The van der Waals surface area contributed by atoms with Crippen molar-refractivity contribution in [2.75, 3.05) is 0 Å². The molecule has 0 aromatic heterocycles. The Morgan fingerprint density at radius 3 is 2.38 bits per heavy atom. The fourth-order valence-electron chi connectivity index (χ4n) is 2.44. The first-order valence-corrected chi connectivity index (χ1v) is 6.99. The van der Waals surface area contributed by atoms with E-state index in [1.165, 1.54) is 12.1 Å². The molecule has 0 aliphatic heterocycles. The van der Waals surface area contributed by atoms with E-state index in [4.69, 9.17) is 0 Å². The number of hydrogen-bond donors (Lipinski definition) is 1. The number of carboxylic acid groups (broad SMARTS) is 1. The Labute approximate surface area is 124 Å². The highest BCUT2D eigenvalue weighted by molar-refractivity contribution is 5.71. The van der Waals surface area contributed by atoms with Gasteiger partial charge in [-0.1, -0.05) is 35.9 Å². The fourth-order valence-corrected chi connectivity index (χ4v) is 2.44. The summed E-state index contributed by atoms with van der Waals surface area (Å²) in [5, 5.41) is 9.44. The number of aliphatic carboxylic acids is 1. The number of rotatable bonds is 5. The minimum atomic E-state index is -0.819. The van der Waals surface area contributed by atoms with Gasteiger partial charge in [-0.15, -0.1) is 0 Å². The molecule has 0 saturated carbocycles. The summed E-state index contributed by atoms with van der Waals surface area (Å²) in [5.41, 5.74) is 4.13. The molecular weight excluding hydrogens is 267 g/mol. The Balaban J connectivity index is 2.17. The molecule has 0 aliphatic rings. The van der Waals surface area contributed by atoms with Crippen LogP contribution in [0.4, 0.5) is 4.39 Å². The van der Waals surface area contributed by atoms with E-state index in [2.05, 4.69) is 0 Å². The summed E-state index contributed by atoms with van der Waals surface area (Å²) in [7, 11) is 0. The normalized spacial score (nSPS) is 12.1. The largest absolute Gasteiger partial charge is 0.481 e. The average Bonchev–Trinajstić information content (AvgIpc) is 2.44. The lowest BCUT2D eigenvalue weighted by atomic mass is 9.90. The zero-order chi connectivity index (χ0) is 15.4. The maximum Gasteiger partial charge on any atom is 0.307 e. The van der Waals surface area contributed by atoms with Gasteiger partial charge in [0, 0.05) is 0 Å². The zero-order valence-corrected chi connectivity index (χ0v) is 12.3. The molecule has 0 bridgehead atoms. The number of aryl methyl sites for hydroxylation is 2. The van der Waals surface area contributed by atoms with Crippen molar-refractivity contribution in [2.45, 2.75) is 26.7 Å². The lowest BCUT2D eigenvalue weighted by Crippen LogP contribution is -2.19. The number of carbonyl (C=O) groups is 1. The van der Waals surface area contributed by atoms with E-state index in [9.17, 15) is 14.3 Å². The predicted octanol–water partition coefficient (Wildman–Crippen LogP) is 3.93. The SMILES string of the molecule is Cc1ccc(C)c(CC(Cc2ccc(F)cc2)C(=O)O)c1. The molecule has 2 aromatic rings. The van der Waals surface area contributed by atoms with Crippen molar-refractivity contribution in [1.29, 1.82) is 0 Å². The Kier molecular flexibility index (Phi) is 4.73. The van der Waals surface area contributed by atoms with E-state index in [1.807, 2.05) is 32.0 Å². The second-order valence-corrected chi connectivity index (χ2v) is 5.50. The molecule has 1 N–H and O–H groups in total. The van der Waals surface area contributed by atoms with Crippen LogP contribution in [0.2, 0.25) is 0 Å². The lowest BCUT2D eigenvalue weighted by molar-refractivity contribution is -0.141. The van der Waals surface area contributed by atoms with E-state index in [-0.39, 0.29) is 5.82 Å². The van der Waals surface area contributed by atoms with E-state index in [0.29, 0.717) is 12.8 Å². The number of halogens is 1. The third-order valence-electron chi connectivity index (χ3n) is 3.72. The molecule has 2 nitrogen and oxygen atoms in total.